The molecule has 2 fully saturated rings. The number of carbonyl (C=O) groups excluding carboxylic acids is 1. The predicted octanol–water partition coefficient (Wildman–Crippen LogP) is 2.57. The van der Waals surface area contributed by atoms with E-state index in [2.05, 4.69) is 0 Å². The van der Waals surface area contributed by atoms with Gasteiger partial charge in [-0.05, 0) is 53.7 Å². The van der Waals surface area contributed by atoms with Crippen molar-refractivity contribution in [3.05, 3.63) is 35.4 Å². The number of benzene rings is 1. The Kier molecular flexibility index (Phi) is 5.59. The third-order valence-corrected chi connectivity index (χ3v) is 4.90. The normalized spacial score (nSPS) is 31.6. The monoisotopic (exact) mass is 394 g/mol. The Morgan fingerprint density at radius 3 is 2.39 bits per heavy atom. The molecule has 2 heterocycles. The molecule has 0 amide bonds. The molecule has 0 unspecified atom stereocenters. The molecule has 0 bridgehead atoms. The van der Waals surface area contributed by atoms with Gasteiger partial charge in [-0.15, -0.1) is 0 Å². The van der Waals surface area contributed by atoms with Crippen molar-refractivity contribution < 1.29 is 33.6 Å². The summed E-state index contributed by atoms with van der Waals surface area (Å²) in [4.78, 5) is 12.3. The Morgan fingerprint density at radius 2 is 1.79 bits per heavy atom. The largest absolute Gasteiger partial charge is 0.459 e. The first-order valence-corrected chi connectivity index (χ1v) is 9.52. The van der Waals surface area contributed by atoms with Crippen LogP contribution in [0.15, 0.2) is 24.3 Å². The van der Waals surface area contributed by atoms with Gasteiger partial charge in [-0.25, -0.2) is 4.79 Å². The summed E-state index contributed by atoms with van der Waals surface area (Å²) in [6.07, 6.45) is -1.32. The third-order valence-electron chi connectivity index (χ3n) is 4.90. The van der Waals surface area contributed by atoms with Gasteiger partial charge in [0.15, 0.2) is 11.6 Å². The van der Waals surface area contributed by atoms with Crippen molar-refractivity contribution in [1.82, 2.24) is 0 Å². The Balaban J connectivity index is 1.68. The van der Waals surface area contributed by atoms with Crippen LogP contribution < -0.4 is 0 Å². The lowest BCUT2D eigenvalue weighted by Crippen LogP contribution is -2.46. The average molecular weight is 394 g/mol. The molecule has 2 saturated heterocycles. The van der Waals surface area contributed by atoms with Gasteiger partial charge >= 0.3 is 5.97 Å². The van der Waals surface area contributed by atoms with Crippen LogP contribution >= 0.6 is 0 Å². The molecule has 1 aromatic carbocycles. The van der Waals surface area contributed by atoms with Crippen LogP contribution in [0.3, 0.4) is 0 Å². The Labute approximate surface area is 165 Å². The van der Waals surface area contributed by atoms with Crippen molar-refractivity contribution in [3.63, 3.8) is 0 Å². The van der Waals surface area contributed by atoms with Crippen LogP contribution in [0, 0.1) is 6.92 Å². The zero-order valence-electron chi connectivity index (χ0n) is 17.4. The van der Waals surface area contributed by atoms with E-state index >= 15 is 0 Å². The van der Waals surface area contributed by atoms with Gasteiger partial charge in [-0.2, -0.15) is 0 Å². The molecule has 2 aliphatic heterocycles. The number of fused-ring (bicyclic) bond motifs is 1. The van der Waals surface area contributed by atoms with Gasteiger partial charge in [0.25, 0.3) is 0 Å². The van der Waals surface area contributed by atoms with E-state index in [0.717, 1.165) is 5.56 Å². The standard InChI is InChI=1S/C21H30O7/c1-13-7-9-14(10-8-13)18(22)24-11-15-16-17(28-20(4,5)27-16)21(6,26-15)12-25-19(2,3)23/h7-10,15-17,23H,11-12H2,1-6H3/t15-,16-,17-,21-/m1/s1. The third kappa shape index (κ3) is 4.72. The first-order chi connectivity index (χ1) is 12.9. The summed E-state index contributed by atoms with van der Waals surface area (Å²) in [6, 6.07) is 7.19. The lowest BCUT2D eigenvalue weighted by molar-refractivity contribution is -0.247. The fourth-order valence-electron chi connectivity index (χ4n) is 3.51. The van der Waals surface area contributed by atoms with E-state index in [1.807, 2.05) is 39.8 Å². The maximum absolute atomic E-state index is 12.3. The molecule has 7 heteroatoms. The average Bonchev–Trinajstić information content (AvgIpc) is 3.04. The fourth-order valence-corrected chi connectivity index (χ4v) is 3.51. The van der Waals surface area contributed by atoms with Gasteiger partial charge in [-0.3, -0.25) is 0 Å². The van der Waals surface area contributed by atoms with Crippen LogP contribution in [0.4, 0.5) is 0 Å². The van der Waals surface area contributed by atoms with Crippen molar-refractivity contribution in [2.75, 3.05) is 13.2 Å². The van der Waals surface area contributed by atoms with Crippen molar-refractivity contribution in [2.45, 2.75) is 77.0 Å². The Hall–Kier alpha value is -1.51. The number of esters is 1. The number of rotatable bonds is 6. The minimum atomic E-state index is -1.30. The highest BCUT2D eigenvalue weighted by molar-refractivity contribution is 5.89. The molecule has 0 aliphatic carbocycles. The molecule has 28 heavy (non-hydrogen) atoms. The van der Waals surface area contributed by atoms with Crippen LogP contribution in [0.25, 0.3) is 0 Å². The molecule has 3 rings (SSSR count). The zero-order chi connectivity index (χ0) is 20.7. The highest BCUT2D eigenvalue weighted by atomic mass is 16.8. The van der Waals surface area contributed by atoms with Gasteiger partial charge in [0, 0.05) is 0 Å². The first-order valence-electron chi connectivity index (χ1n) is 9.52. The summed E-state index contributed by atoms with van der Waals surface area (Å²) < 4.78 is 29.2. The SMILES string of the molecule is Cc1ccc(C(=O)OC[C@H]2O[C@](C)(COC(C)(C)O)[C@@H]3OC(C)(C)O[C@@H]32)cc1. The second-order valence-electron chi connectivity index (χ2n) is 8.69. The summed E-state index contributed by atoms with van der Waals surface area (Å²) in [5, 5.41) is 9.90. The molecule has 0 spiro atoms. The molecule has 156 valence electrons. The lowest BCUT2D eigenvalue weighted by atomic mass is 9.97. The topological polar surface area (TPSA) is 83.5 Å². The first kappa shape index (κ1) is 21.2. The number of aryl methyl sites for hydroxylation is 1. The molecule has 1 N–H and O–H groups in total. The maximum Gasteiger partial charge on any atom is 0.338 e. The highest BCUT2D eigenvalue weighted by Gasteiger charge is 2.61. The summed E-state index contributed by atoms with van der Waals surface area (Å²) in [5.41, 5.74) is 0.705. The number of ether oxygens (including phenoxy) is 5. The van der Waals surface area contributed by atoms with Gasteiger partial charge < -0.3 is 28.8 Å². The van der Waals surface area contributed by atoms with E-state index in [4.69, 9.17) is 23.7 Å². The van der Waals surface area contributed by atoms with Crippen molar-refractivity contribution in [2.24, 2.45) is 0 Å². The minimum absolute atomic E-state index is 0.0332. The molecule has 7 nitrogen and oxygen atoms in total. The molecular formula is C21H30O7. The second kappa shape index (κ2) is 7.39. The summed E-state index contributed by atoms with van der Waals surface area (Å²) in [6.45, 7) is 10.7. The van der Waals surface area contributed by atoms with Crippen molar-refractivity contribution in [3.8, 4) is 0 Å². The van der Waals surface area contributed by atoms with E-state index < -0.39 is 41.5 Å². The number of hydrogen-bond acceptors (Lipinski definition) is 7. The van der Waals surface area contributed by atoms with E-state index in [0.29, 0.717) is 5.56 Å². The molecule has 0 aromatic heterocycles. The second-order valence-corrected chi connectivity index (χ2v) is 8.69. The quantitative estimate of drug-likeness (QED) is 0.586. The van der Waals surface area contributed by atoms with Crippen LogP contribution in [0.5, 0.6) is 0 Å². The molecule has 0 radical (unpaired) electrons. The molecule has 2 aliphatic rings. The summed E-state index contributed by atoms with van der Waals surface area (Å²) in [5.74, 6) is -2.50. The molecule has 0 saturated carbocycles. The Bertz CT molecular complexity index is 706. The Morgan fingerprint density at radius 1 is 1.14 bits per heavy atom. The van der Waals surface area contributed by atoms with Crippen LogP contribution in [0.1, 0.15) is 50.5 Å². The van der Waals surface area contributed by atoms with Crippen LogP contribution in [-0.4, -0.2) is 59.8 Å². The number of aliphatic hydroxyl groups is 1. The molecule has 1 aromatic rings. The maximum atomic E-state index is 12.3. The highest BCUT2D eigenvalue weighted by Crippen LogP contribution is 2.44. The van der Waals surface area contributed by atoms with Crippen molar-refractivity contribution in [1.29, 1.82) is 0 Å². The molecule has 4 atom stereocenters. The van der Waals surface area contributed by atoms with E-state index in [1.165, 1.54) is 0 Å². The number of hydrogen-bond donors (Lipinski definition) is 1. The molecular weight excluding hydrogens is 364 g/mol. The predicted molar refractivity (Wildman–Crippen MR) is 101 cm³/mol. The van der Waals surface area contributed by atoms with E-state index in [-0.39, 0.29) is 13.2 Å². The van der Waals surface area contributed by atoms with E-state index in [1.54, 1.807) is 26.0 Å². The fraction of sp³-hybridized carbons (Fsp3) is 0.667. The number of carbonyl (C=O) groups is 1. The van der Waals surface area contributed by atoms with Crippen LogP contribution in [-0.2, 0) is 23.7 Å². The van der Waals surface area contributed by atoms with Gasteiger partial charge in [0.05, 0.1) is 12.2 Å². The van der Waals surface area contributed by atoms with Crippen LogP contribution in [0.2, 0.25) is 0 Å². The van der Waals surface area contributed by atoms with Gasteiger partial charge in [-0.1, -0.05) is 17.7 Å². The lowest BCUT2D eigenvalue weighted by Gasteiger charge is -2.33. The smallest absolute Gasteiger partial charge is 0.338 e. The zero-order valence-corrected chi connectivity index (χ0v) is 17.4. The minimum Gasteiger partial charge on any atom is -0.459 e. The van der Waals surface area contributed by atoms with Gasteiger partial charge in [0.2, 0.25) is 0 Å². The van der Waals surface area contributed by atoms with Crippen molar-refractivity contribution >= 4 is 5.97 Å². The van der Waals surface area contributed by atoms with E-state index in [9.17, 15) is 9.90 Å². The van der Waals surface area contributed by atoms with Gasteiger partial charge in [0.1, 0.15) is 30.5 Å². The summed E-state index contributed by atoms with van der Waals surface area (Å²) >= 11 is 0. The summed E-state index contributed by atoms with van der Waals surface area (Å²) in [7, 11) is 0.